The number of fused-ring (bicyclic) bond motifs is 1. The summed E-state index contributed by atoms with van der Waals surface area (Å²) in [5.41, 5.74) is 0.462. The van der Waals surface area contributed by atoms with Crippen LogP contribution in [0.15, 0.2) is 52.3 Å². The highest BCUT2D eigenvalue weighted by atomic mass is 32.2. The van der Waals surface area contributed by atoms with Crippen LogP contribution in [0.3, 0.4) is 0 Å². The summed E-state index contributed by atoms with van der Waals surface area (Å²) < 4.78 is 39.2. The van der Waals surface area contributed by atoms with Crippen LogP contribution in [0.1, 0.15) is 6.92 Å². The number of hydrogen-bond acceptors (Lipinski definition) is 6. The Morgan fingerprint density at radius 3 is 2.67 bits per heavy atom. The molecule has 2 aromatic carbocycles. The molecule has 0 saturated heterocycles. The van der Waals surface area contributed by atoms with Gasteiger partial charge in [-0.15, -0.1) is 11.8 Å². The van der Waals surface area contributed by atoms with Crippen molar-refractivity contribution in [3.63, 3.8) is 0 Å². The summed E-state index contributed by atoms with van der Waals surface area (Å²) in [6.45, 7) is 1.69. The Kier molecular flexibility index (Phi) is 5.93. The molecule has 0 spiro atoms. The molecule has 1 aliphatic rings. The van der Waals surface area contributed by atoms with Crippen molar-refractivity contribution in [3.05, 3.63) is 42.5 Å². The Morgan fingerprint density at radius 1 is 1.22 bits per heavy atom. The molecule has 7 nitrogen and oxygen atoms in total. The van der Waals surface area contributed by atoms with Crippen LogP contribution < -0.4 is 19.5 Å². The Hall–Kier alpha value is -2.23. The zero-order chi connectivity index (χ0) is 19.4. The second kappa shape index (κ2) is 8.20. The van der Waals surface area contributed by atoms with Crippen molar-refractivity contribution >= 4 is 33.4 Å². The highest BCUT2D eigenvalue weighted by molar-refractivity contribution is 7.98. The number of carbonyl (C=O) groups excluding carboxylic acids is 1. The maximum absolute atomic E-state index is 12.6. The molecule has 0 fully saturated rings. The van der Waals surface area contributed by atoms with Gasteiger partial charge in [-0.3, -0.25) is 4.79 Å². The quantitative estimate of drug-likeness (QED) is 0.714. The summed E-state index contributed by atoms with van der Waals surface area (Å²) in [6, 6.07) is 11.9. The Morgan fingerprint density at radius 2 is 1.96 bits per heavy atom. The van der Waals surface area contributed by atoms with Crippen molar-refractivity contribution in [1.29, 1.82) is 0 Å². The predicted molar refractivity (Wildman–Crippen MR) is 104 cm³/mol. The number of para-hydroxylation sites is 2. The van der Waals surface area contributed by atoms with E-state index in [1.54, 1.807) is 18.2 Å². The summed E-state index contributed by atoms with van der Waals surface area (Å²) in [5.74, 6) is 0.966. The first-order valence-corrected chi connectivity index (χ1v) is 10.9. The first-order chi connectivity index (χ1) is 12.9. The molecule has 0 aromatic heterocycles. The number of sulfonamides is 1. The molecule has 1 heterocycles. The fourth-order valence-corrected chi connectivity index (χ4v) is 4.22. The number of benzene rings is 2. The molecule has 3 rings (SSSR count). The number of amides is 1. The first-order valence-electron chi connectivity index (χ1n) is 8.23. The Labute approximate surface area is 162 Å². The molecule has 0 bridgehead atoms. The van der Waals surface area contributed by atoms with Gasteiger partial charge in [0, 0.05) is 11.8 Å². The SMILES string of the molecule is CSc1ccc(S(=O)(=O)NC[C@H]2COc3ccccc3O2)cc1NC(C)=O. The van der Waals surface area contributed by atoms with Gasteiger partial charge in [-0.05, 0) is 36.6 Å². The first kappa shape index (κ1) is 19.5. The van der Waals surface area contributed by atoms with Gasteiger partial charge >= 0.3 is 0 Å². The van der Waals surface area contributed by atoms with Gasteiger partial charge in [0.15, 0.2) is 11.5 Å². The molecule has 0 radical (unpaired) electrons. The van der Waals surface area contributed by atoms with Gasteiger partial charge in [0.05, 0.1) is 17.1 Å². The van der Waals surface area contributed by atoms with Crippen LogP contribution in [0.5, 0.6) is 11.5 Å². The second-order valence-corrected chi connectivity index (χ2v) is 8.51. The molecule has 0 unspecified atom stereocenters. The molecule has 0 aliphatic carbocycles. The van der Waals surface area contributed by atoms with Gasteiger partial charge in [0.2, 0.25) is 15.9 Å². The van der Waals surface area contributed by atoms with Gasteiger partial charge in [-0.25, -0.2) is 13.1 Å². The van der Waals surface area contributed by atoms with Crippen LogP contribution in [-0.4, -0.2) is 39.8 Å². The molecular formula is C18H20N2O5S2. The van der Waals surface area contributed by atoms with E-state index < -0.39 is 16.1 Å². The van der Waals surface area contributed by atoms with Gasteiger partial charge in [-0.2, -0.15) is 0 Å². The third-order valence-electron chi connectivity index (χ3n) is 3.86. The standard InChI is InChI=1S/C18H20N2O5S2/c1-12(21)20-15-9-14(7-8-18(15)26-2)27(22,23)19-10-13-11-24-16-5-3-4-6-17(16)25-13/h3-9,13,19H,10-11H2,1-2H3,(H,20,21)/t13-/m0/s1. The van der Waals surface area contributed by atoms with E-state index in [4.69, 9.17) is 9.47 Å². The van der Waals surface area contributed by atoms with Crippen molar-refractivity contribution in [1.82, 2.24) is 4.72 Å². The zero-order valence-electron chi connectivity index (χ0n) is 14.9. The normalized spacial score (nSPS) is 16.0. The molecule has 0 saturated carbocycles. The Balaban J connectivity index is 1.71. The van der Waals surface area contributed by atoms with Gasteiger partial charge in [0.25, 0.3) is 0 Å². The van der Waals surface area contributed by atoms with Crippen LogP contribution in [0.2, 0.25) is 0 Å². The van der Waals surface area contributed by atoms with Crippen LogP contribution in [0.4, 0.5) is 5.69 Å². The molecule has 2 N–H and O–H groups in total. The van der Waals surface area contributed by atoms with E-state index in [0.717, 1.165) is 4.90 Å². The third-order valence-corrected chi connectivity index (χ3v) is 6.08. The van der Waals surface area contributed by atoms with E-state index in [2.05, 4.69) is 10.0 Å². The average molecular weight is 409 g/mol. The molecule has 27 heavy (non-hydrogen) atoms. The van der Waals surface area contributed by atoms with E-state index in [-0.39, 0.29) is 24.0 Å². The lowest BCUT2D eigenvalue weighted by atomic mass is 10.2. The minimum Gasteiger partial charge on any atom is -0.486 e. The fraction of sp³-hybridized carbons (Fsp3) is 0.278. The predicted octanol–water partition coefficient (Wildman–Crippen LogP) is 2.49. The van der Waals surface area contributed by atoms with Crippen LogP contribution in [0.25, 0.3) is 0 Å². The number of ether oxygens (including phenoxy) is 2. The lowest BCUT2D eigenvalue weighted by Crippen LogP contribution is -2.40. The Bertz CT molecular complexity index is 947. The van der Waals surface area contributed by atoms with Gasteiger partial charge < -0.3 is 14.8 Å². The molecule has 9 heteroatoms. The van der Waals surface area contributed by atoms with E-state index >= 15 is 0 Å². The number of carbonyl (C=O) groups is 1. The van der Waals surface area contributed by atoms with E-state index in [0.29, 0.717) is 17.2 Å². The van der Waals surface area contributed by atoms with Crippen molar-refractivity contribution < 1.29 is 22.7 Å². The van der Waals surface area contributed by atoms with Gasteiger partial charge in [-0.1, -0.05) is 12.1 Å². The van der Waals surface area contributed by atoms with Crippen LogP contribution >= 0.6 is 11.8 Å². The smallest absolute Gasteiger partial charge is 0.240 e. The van der Waals surface area contributed by atoms with Crippen molar-refractivity contribution in [2.24, 2.45) is 0 Å². The average Bonchev–Trinajstić information content (AvgIpc) is 2.66. The largest absolute Gasteiger partial charge is 0.486 e. The maximum atomic E-state index is 12.6. The topological polar surface area (TPSA) is 93.7 Å². The fourth-order valence-electron chi connectivity index (χ4n) is 2.59. The number of thioether (sulfide) groups is 1. The zero-order valence-corrected chi connectivity index (χ0v) is 16.5. The van der Waals surface area contributed by atoms with Crippen LogP contribution in [0, 0.1) is 0 Å². The summed E-state index contributed by atoms with van der Waals surface area (Å²) in [6.07, 6.45) is 1.42. The number of hydrogen-bond donors (Lipinski definition) is 2. The summed E-state index contributed by atoms with van der Waals surface area (Å²) in [4.78, 5) is 12.2. The lowest BCUT2D eigenvalue weighted by Gasteiger charge is -2.26. The summed E-state index contributed by atoms with van der Waals surface area (Å²) in [7, 11) is -3.77. The minimum atomic E-state index is -3.77. The van der Waals surface area contributed by atoms with Crippen LogP contribution in [-0.2, 0) is 14.8 Å². The van der Waals surface area contributed by atoms with Crippen molar-refractivity contribution in [2.45, 2.75) is 22.8 Å². The molecule has 1 aliphatic heterocycles. The van der Waals surface area contributed by atoms with Crippen molar-refractivity contribution in [2.75, 3.05) is 24.7 Å². The number of anilines is 1. The minimum absolute atomic E-state index is 0.0659. The van der Waals surface area contributed by atoms with E-state index in [1.165, 1.54) is 30.8 Å². The van der Waals surface area contributed by atoms with Crippen molar-refractivity contribution in [3.8, 4) is 11.5 Å². The van der Waals surface area contributed by atoms with Gasteiger partial charge in [0.1, 0.15) is 12.7 Å². The highest BCUT2D eigenvalue weighted by Crippen LogP contribution is 2.31. The summed E-state index contributed by atoms with van der Waals surface area (Å²) >= 11 is 1.42. The second-order valence-electron chi connectivity index (χ2n) is 5.89. The lowest BCUT2D eigenvalue weighted by molar-refractivity contribution is -0.114. The highest BCUT2D eigenvalue weighted by Gasteiger charge is 2.24. The molecule has 1 amide bonds. The molecule has 144 valence electrons. The maximum Gasteiger partial charge on any atom is 0.240 e. The molecule has 2 aromatic rings. The van der Waals surface area contributed by atoms with E-state index in [9.17, 15) is 13.2 Å². The summed E-state index contributed by atoms with van der Waals surface area (Å²) in [5, 5.41) is 2.66. The monoisotopic (exact) mass is 408 g/mol. The third kappa shape index (κ3) is 4.74. The molecular weight excluding hydrogens is 388 g/mol. The molecule has 1 atom stereocenters. The number of nitrogens with one attached hydrogen (secondary N) is 2. The number of rotatable bonds is 6. The van der Waals surface area contributed by atoms with E-state index in [1.807, 2.05) is 18.4 Å².